The fourth-order valence-electron chi connectivity index (χ4n) is 2.68. The monoisotopic (exact) mass is 380 g/mol. The first-order chi connectivity index (χ1) is 13.2. The number of anilines is 1. The van der Waals surface area contributed by atoms with Crippen molar-refractivity contribution in [1.29, 1.82) is 0 Å². The van der Waals surface area contributed by atoms with Crippen LogP contribution in [0.15, 0.2) is 67.0 Å². The summed E-state index contributed by atoms with van der Waals surface area (Å²) in [5.74, 6) is 0.498. The number of amides is 1. The smallest absolute Gasteiger partial charge is 0.270 e. The van der Waals surface area contributed by atoms with Gasteiger partial charge >= 0.3 is 0 Å². The molecule has 1 N–H and O–H groups in total. The molecule has 0 saturated heterocycles. The van der Waals surface area contributed by atoms with Crippen molar-refractivity contribution in [1.82, 2.24) is 15.3 Å². The van der Waals surface area contributed by atoms with Crippen molar-refractivity contribution in [2.75, 3.05) is 11.4 Å². The molecule has 0 radical (unpaired) electrons. The highest BCUT2D eigenvalue weighted by molar-refractivity contribution is 6.30. The van der Waals surface area contributed by atoms with Crippen LogP contribution in [-0.2, 0) is 13.1 Å². The van der Waals surface area contributed by atoms with Gasteiger partial charge in [-0.1, -0.05) is 54.1 Å². The van der Waals surface area contributed by atoms with Gasteiger partial charge in [-0.15, -0.1) is 0 Å². The van der Waals surface area contributed by atoms with Gasteiger partial charge in [-0.2, -0.15) is 0 Å². The predicted octanol–water partition coefficient (Wildman–Crippen LogP) is 4.09. The summed E-state index contributed by atoms with van der Waals surface area (Å²) in [4.78, 5) is 23.0. The van der Waals surface area contributed by atoms with Crippen LogP contribution < -0.4 is 10.2 Å². The average Bonchev–Trinajstić information content (AvgIpc) is 2.72. The molecule has 0 aliphatic heterocycles. The van der Waals surface area contributed by atoms with E-state index in [1.807, 2.05) is 30.3 Å². The van der Waals surface area contributed by atoms with Gasteiger partial charge in [-0.25, -0.2) is 9.97 Å². The fraction of sp³-hybridized carbons (Fsp3) is 0.190. The van der Waals surface area contributed by atoms with Crippen molar-refractivity contribution in [3.05, 3.63) is 88.8 Å². The van der Waals surface area contributed by atoms with E-state index in [0.717, 1.165) is 24.5 Å². The molecule has 3 rings (SSSR count). The summed E-state index contributed by atoms with van der Waals surface area (Å²) in [6, 6.07) is 19.3. The van der Waals surface area contributed by atoms with Gasteiger partial charge in [-0.05, 0) is 30.2 Å². The van der Waals surface area contributed by atoms with Crippen molar-refractivity contribution in [2.45, 2.75) is 20.0 Å². The van der Waals surface area contributed by atoms with E-state index in [0.29, 0.717) is 17.3 Å². The number of benzene rings is 2. The Morgan fingerprint density at radius 2 is 1.78 bits per heavy atom. The molecule has 3 aromatic rings. The maximum absolute atomic E-state index is 12.5. The normalized spacial score (nSPS) is 10.4. The quantitative estimate of drug-likeness (QED) is 0.670. The molecule has 0 bridgehead atoms. The minimum atomic E-state index is -0.232. The molecule has 6 heteroatoms. The van der Waals surface area contributed by atoms with E-state index in [9.17, 15) is 4.79 Å². The maximum Gasteiger partial charge on any atom is 0.270 e. The highest BCUT2D eigenvalue weighted by Gasteiger charge is 2.12. The van der Waals surface area contributed by atoms with E-state index in [1.165, 1.54) is 11.9 Å². The van der Waals surface area contributed by atoms with Crippen LogP contribution in [0.4, 0.5) is 5.82 Å². The number of aromatic nitrogens is 2. The number of halogens is 1. The summed E-state index contributed by atoms with van der Waals surface area (Å²) < 4.78 is 0. The minimum Gasteiger partial charge on any atom is -0.352 e. The summed E-state index contributed by atoms with van der Waals surface area (Å²) in [5.41, 5.74) is 2.51. The van der Waals surface area contributed by atoms with Crippen LogP contribution in [0, 0.1) is 0 Å². The summed E-state index contributed by atoms with van der Waals surface area (Å²) in [7, 11) is 0. The summed E-state index contributed by atoms with van der Waals surface area (Å²) in [6.07, 6.45) is 1.43. The first-order valence-corrected chi connectivity index (χ1v) is 9.17. The molecule has 5 nitrogen and oxygen atoms in total. The Hall–Kier alpha value is -2.92. The number of hydrogen-bond donors (Lipinski definition) is 1. The molecule has 1 aromatic heterocycles. The zero-order valence-corrected chi connectivity index (χ0v) is 15.9. The Morgan fingerprint density at radius 1 is 1.04 bits per heavy atom. The molecule has 0 aliphatic carbocycles. The van der Waals surface area contributed by atoms with Crippen molar-refractivity contribution < 1.29 is 4.79 Å². The molecule has 138 valence electrons. The lowest BCUT2D eigenvalue weighted by Crippen LogP contribution is -2.26. The van der Waals surface area contributed by atoms with Gasteiger partial charge in [0.15, 0.2) is 0 Å². The molecule has 27 heavy (non-hydrogen) atoms. The lowest BCUT2D eigenvalue weighted by Gasteiger charge is -2.22. The third kappa shape index (κ3) is 5.28. The highest BCUT2D eigenvalue weighted by atomic mass is 35.5. The number of hydrogen-bond acceptors (Lipinski definition) is 4. The van der Waals surface area contributed by atoms with Gasteiger partial charge in [-0.3, -0.25) is 4.79 Å². The maximum atomic E-state index is 12.5. The topological polar surface area (TPSA) is 58.1 Å². The molecule has 2 aromatic carbocycles. The molecule has 0 fully saturated rings. The number of carbonyl (C=O) groups is 1. The van der Waals surface area contributed by atoms with Gasteiger partial charge in [0.2, 0.25) is 0 Å². The van der Waals surface area contributed by atoms with Crippen molar-refractivity contribution >= 4 is 23.3 Å². The number of nitrogens with one attached hydrogen (secondary N) is 1. The van der Waals surface area contributed by atoms with Crippen LogP contribution >= 0.6 is 11.6 Å². The Balaban J connectivity index is 1.67. The fourth-order valence-corrected chi connectivity index (χ4v) is 2.80. The van der Waals surface area contributed by atoms with Crippen LogP contribution in [0.25, 0.3) is 0 Å². The van der Waals surface area contributed by atoms with E-state index in [4.69, 9.17) is 11.6 Å². The lowest BCUT2D eigenvalue weighted by atomic mass is 10.2. The van der Waals surface area contributed by atoms with Crippen molar-refractivity contribution in [3.8, 4) is 0 Å². The van der Waals surface area contributed by atoms with Gasteiger partial charge in [0.25, 0.3) is 5.91 Å². The van der Waals surface area contributed by atoms with E-state index < -0.39 is 0 Å². The predicted molar refractivity (Wildman–Crippen MR) is 108 cm³/mol. The van der Waals surface area contributed by atoms with E-state index in [2.05, 4.69) is 39.2 Å². The van der Waals surface area contributed by atoms with Crippen molar-refractivity contribution in [3.63, 3.8) is 0 Å². The number of carbonyl (C=O) groups excluding carboxylic acids is 1. The molecule has 0 spiro atoms. The van der Waals surface area contributed by atoms with Crippen LogP contribution in [0.2, 0.25) is 5.02 Å². The third-order valence-corrected chi connectivity index (χ3v) is 4.43. The van der Waals surface area contributed by atoms with Crippen LogP contribution in [0.1, 0.15) is 28.5 Å². The molecule has 0 aliphatic rings. The largest absolute Gasteiger partial charge is 0.352 e. The first-order valence-electron chi connectivity index (χ1n) is 8.79. The zero-order valence-electron chi connectivity index (χ0n) is 15.1. The Morgan fingerprint density at radius 3 is 2.48 bits per heavy atom. The Bertz CT molecular complexity index is 884. The second-order valence-electron chi connectivity index (χ2n) is 6.07. The standard InChI is InChI=1S/C21H21ClN4O/c1-2-26(14-17-6-4-3-5-7-17)20-12-19(24-15-25-20)21(27)23-13-16-8-10-18(22)11-9-16/h3-12,15H,2,13-14H2,1H3,(H,23,27). The summed E-state index contributed by atoms with van der Waals surface area (Å²) in [5, 5.41) is 3.55. The van der Waals surface area contributed by atoms with E-state index in [1.54, 1.807) is 18.2 Å². The summed E-state index contributed by atoms with van der Waals surface area (Å²) in [6.45, 7) is 3.97. The SMILES string of the molecule is CCN(Cc1ccccc1)c1cc(C(=O)NCc2ccc(Cl)cc2)ncn1. The van der Waals surface area contributed by atoms with Gasteiger partial charge < -0.3 is 10.2 Å². The van der Waals surface area contributed by atoms with Crippen LogP contribution in [0.5, 0.6) is 0 Å². The molecule has 1 amide bonds. The van der Waals surface area contributed by atoms with Gasteiger partial charge in [0.05, 0.1) is 0 Å². The molecule has 0 unspecified atom stereocenters. The average molecular weight is 381 g/mol. The van der Waals surface area contributed by atoms with E-state index in [-0.39, 0.29) is 5.91 Å². The zero-order chi connectivity index (χ0) is 19.1. The minimum absolute atomic E-state index is 0.232. The first kappa shape index (κ1) is 18.9. The second-order valence-corrected chi connectivity index (χ2v) is 6.51. The molecule has 0 saturated carbocycles. The number of nitrogens with zero attached hydrogens (tertiary/aromatic N) is 3. The van der Waals surface area contributed by atoms with Gasteiger partial charge in [0.1, 0.15) is 17.8 Å². The van der Waals surface area contributed by atoms with Gasteiger partial charge in [0, 0.05) is 30.7 Å². The Labute approximate surface area is 164 Å². The Kier molecular flexibility index (Phi) is 6.39. The molecule has 0 atom stereocenters. The molecular formula is C21H21ClN4O. The highest BCUT2D eigenvalue weighted by Crippen LogP contribution is 2.15. The third-order valence-electron chi connectivity index (χ3n) is 4.17. The molecule has 1 heterocycles. The summed E-state index contributed by atoms with van der Waals surface area (Å²) >= 11 is 5.88. The van der Waals surface area contributed by atoms with Crippen molar-refractivity contribution in [2.24, 2.45) is 0 Å². The number of rotatable bonds is 7. The second kappa shape index (κ2) is 9.14. The lowest BCUT2D eigenvalue weighted by molar-refractivity contribution is 0.0945. The van der Waals surface area contributed by atoms with Crippen LogP contribution in [-0.4, -0.2) is 22.4 Å². The molecular weight excluding hydrogens is 360 g/mol. The van der Waals surface area contributed by atoms with E-state index >= 15 is 0 Å². The van der Waals surface area contributed by atoms with Crippen LogP contribution in [0.3, 0.4) is 0 Å².